The van der Waals surface area contributed by atoms with Crippen molar-refractivity contribution >= 4 is 11.6 Å². The van der Waals surface area contributed by atoms with Crippen LogP contribution in [0.4, 0.5) is 0 Å². The van der Waals surface area contributed by atoms with Crippen LogP contribution in [0.2, 0.25) is 5.02 Å². The number of aromatic nitrogens is 1. The van der Waals surface area contributed by atoms with E-state index in [1.165, 1.54) is 38.3 Å². The zero-order valence-corrected chi connectivity index (χ0v) is 12.1. The van der Waals surface area contributed by atoms with Crippen LogP contribution < -0.4 is 5.32 Å². The van der Waals surface area contributed by atoms with Gasteiger partial charge in [0.2, 0.25) is 0 Å². The molecule has 0 aliphatic carbocycles. The molecule has 4 rings (SSSR count). The zero-order chi connectivity index (χ0) is 13.2. The number of halogens is 1. The molecule has 1 aromatic rings. The molecule has 0 saturated carbocycles. The predicted molar refractivity (Wildman–Crippen MR) is 77.6 cm³/mol. The highest BCUT2D eigenvalue weighted by atomic mass is 35.5. The average molecular weight is 281 g/mol. The van der Waals surface area contributed by atoms with Gasteiger partial charge in [-0.05, 0) is 25.1 Å². The summed E-state index contributed by atoms with van der Waals surface area (Å²) in [5, 5.41) is 4.26. The van der Waals surface area contributed by atoms with Crippen molar-refractivity contribution in [2.45, 2.75) is 18.5 Å². The average Bonchev–Trinajstić information content (AvgIpc) is 2.47. The Balaban J connectivity index is 1.73. The van der Waals surface area contributed by atoms with Gasteiger partial charge in [0.05, 0.1) is 5.02 Å². The lowest BCUT2D eigenvalue weighted by Crippen LogP contribution is -2.66. The van der Waals surface area contributed by atoms with Gasteiger partial charge >= 0.3 is 0 Å². The second-order valence-corrected chi connectivity index (χ2v) is 5.88. The summed E-state index contributed by atoms with van der Waals surface area (Å²) in [6.45, 7) is 6.03. The number of hydrogen-bond donors (Lipinski definition) is 1. The van der Waals surface area contributed by atoms with Crippen molar-refractivity contribution < 1.29 is 0 Å². The first kappa shape index (κ1) is 13.3. The van der Waals surface area contributed by atoms with Crippen LogP contribution in [0, 0.1) is 0 Å². The second kappa shape index (κ2) is 5.75. The molecule has 5 heteroatoms. The van der Waals surface area contributed by atoms with E-state index in [2.05, 4.69) is 27.1 Å². The maximum atomic E-state index is 6.23. The molecule has 0 radical (unpaired) electrons. The predicted octanol–water partition coefficient (Wildman–Crippen LogP) is 0.865. The van der Waals surface area contributed by atoms with Crippen molar-refractivity contribution in [2.75, 3.05) is 39.8 Å². The van der Waals surface area contributed by atoms with Crippen LogP contribution in [0.15, 0.2) is 18.5 Å². The van der Waals surface area contributed by atoms with Gasteiger partial charge in [-0.25, -0.2) is 0 Å². The van der Waals surface area contributed by atoms with Gasteiger partial charge in [-0.3, -0.25) is 14.8 Å². The Hall–Kier alpha value is -0.680. The van der Waals surface area contributed by atoms with Crippen LogP contribution >= 0.6 is 11.6 Å². The van der Waals surface area contributed by atoms with Crippen molar-refractivity contribution in [2.24, 2.45) is 0 Å². The molecule has 0 spiro atoms. The number of likely N-dealkylation sites (N-methyl/N-ethyl adjacent to an activating group) is 1. The summed E-state index contributed by atoms with van der Waals surface area (Å²) in [6, 6.07) is 3.07. The minimum Gasteiger partial charge on any atom is -0.315 e. The van der Waals surface area contributed by atoms with Crippen LogP contribution in [-0.2, 0) is 6.42 Å². The Morgan fingerprint density at radius 1 is 1.42 bits per heavy atom. The van der Waals surface area contributed by atoms with Crippen LogP contribution in [0.5, 0.6) is 0 Å². The highest BCUT2D eigenvalue weighted by Crippen LogP contribution is 2.22. The SMILES string of the molecule is CNC(Cc1ccncc1Cl)C1CN2CCN1CC2. The topological polar surface area (TPSA) is 31.4 Å². The van der Waals surface area contributed by atoms with Gasteiger partial charge < -0.3 is 5.32 Å². The summed E-state index contributed by atoms with van der Waals surface area (Å²) in [6.07, 6.45) is 4.53. The zero-order valence-electron chi connectivity index (χ0n) is 11.3. The third-order valence-electron chi connectivity index (χ3n) is 4.45. The smallest absolute Gasteiger partial charge is 0.0621 e. The van der Waals surface area contributed by atoms with Gasteiger partial charge in [0.15, 0.2) is 0 Å². The summed E-state index contributed by atoms with van der Waals surface area (Å²) in [5.41, 5.74) is 1.19. The standard InChI is InChI=1S/C14H21ClN4/c1-16-13(8-11-2-3-17-9-12(11)15)14-10-18-4-6-19(14)7-5-18/h2-3,9,13-14,16H,4-8,10H2,1H3. The second-order valence-electron chi connectivity index (χ2n) is 5.47. The lowest BCUT2D eigenvalue weighted by atomic mass is 9.95. The molecule has 3 aliphatic rings. The van der Waals surface area contributed by atoms with E-state index in [-0.39, 0.29) is 0 Å². The Morgan fingerprint density at radius 2 is 2.21 bits per heavy atom. The van der Waals surface area contributed by atoms with Crippen LogP contribution in [-0.4, -0.2) is 66.6 Å². The quantitative estimate of drug-likeness (QED) is 0.887. The Kier molecular flexibility index (Phi) is 4.03. The minimum absolute atomic E-state index is 0.447. The highest BCUT2D eigenvalue weighted by molar-refractivity contribution is 6.31. The van der Waals surface area contributed by atoms with Crippen LogP contribution in [0.3, 0.4) is 0 Å². The number of pyridine rings is 1. The van der Waals surface area contributed by atoms with E-state index >= 15 is 0 Å². The summed E-state index contributed by atoms with van der Waals surface area (Å²) in [4.78, 5) is 9.25. The maximum Gasteiger partial charge on any atom is 0.0621 e. The molecule has 0 amide bonds. The molecule has 3 aliphatic heterocycles. The van der Waals surface area contributed by atoms with Crippen molar-refractivity contribution in [3.8, 4) is 0 Å². The van der Waals surface area contributed by atoms with E-state index in [1.807, 2.05) is 12.3 Å². The lowest BCUT2D eigenvalue weighted by Gasteiger charge is -2.50. The Morgan fingerprint density at radius 3 is 2.79 bits per heavy atom. The molecule has 104 valence electrons. The van der Waals surface area contributed by atoms with Crippen molar-refractivity contribution in [3.63, 3.8) is 0 Å². The maximum absolute atomic E-state index is 6.23. The van der Waals surface area contributed by atoms with E-state index in [4.69, 9.17) is 11.6 Å². The molecule has 3 saturated heterocycles. The first-order valence-corrected chi connectivity index (χ1v) is 7.38. The Labute approximate surface area is 119 Å². The highest BCUT2D eigenvalue weighted by Gasteiger charge is 2.36. The van der Waals surface area contributed by atoms with Gasteiger partial charge in [-0.15, -0.1) is 0 Å². The van der Waals surface area contributed by atoms with Crippen molar-refractivity contribution in [1.82, 2.24) is 20.1 Å². The first-order valence-electron chi connectivity index (χ1n) is 7.00. The van der Waals surface area contributed by atoms with Gasteiger partial charge in [-0.1, -0.05) is 11.6 Å². The molecule has 4 nitrogen and oxygen atoms in total. The molecule has 3 fully saturated rings. The molecule has 2 unspecified atom stereocenters. The van der Waals surface area contributed by atoms with Gasteiger partial charge in [0, 0.05) is 57.2 Å². The van der Waals surface area contributed by atoms with E-state index in [0.29, 0.717) is 12.1 Å². The van der Waals surface area contributed by atoms with E-state index in [9.17, 15) is 0 Å². The minimum atomic E-state index is 0.447. The monoisotopic (exact) mass is 280 g/mol. The normalized spacial score (nSPS) is 31.4. The summed E-state index contributed by atoms with van der Waals surface area (Å²) in [7, 11) is 2.05. The number of hydrogen-bond acceptors (Lipinski definition) is 4. The summed E-state index contributed by atoms with van der Waals surface area (Å²) in [5.74, 6) is 0. The molecule has 1 aromatic heterocycles. The van der Waals surface area contributed by atoms with E-state index in [0.717, 1.165) is 11.4 Å². The third kappa shape index (κ3) is 2.77. The van der Waals surface area contributed by atoms with Crippen LogP contribution in [0.1, 0.15) is 5.56 Å². The van der Waals surface area contributed by atoms with Crippen molar-refractivity contribution in [3.05, 3.63) is 29.0 Å². The fourth-order valence-corrected chi connectivity index (χ4v) is 3.47. The molecule has 2 atom stereocenters. The lowest BCUT2D eigenvalue weighted by molar-refractivity contribution is -0.00201. The number of nitrogens with zero attached hydrogens (tertiary/aromatic N) is 3. The fourth-order valence-electron chi connectivity index (χ4n) is 3.28. The Bertz CT molecular complexity index is 431. The summed E-state index contributed by atoms with van der Waals surface area (Å²) < 4.78 is 0. The van der Waals surface area contributed by atoms with Gasteiger partial charge in [0.1, 0.15) is 0 Å². The van der Waals surface area contributed by atoms with Gasteiger partial charge in [0.25, 0.3) is 0 Å². The fraction of sp³-hybridized carbons (Fsp3) is 0.643. The number of nitrogens with one attached hydrogen (secondary N) is 1. The largest absolute Gasteiger partial charge is 0.315 e. The summed E-state index contributed by atoms with van der Waals surface area (Å²) >= 11 is 6.23. The molecular weight excluding hydrogens is 260 g/mol. The molecule has 1 N–H and O–H groups in total. The van der Waals surface area contributed by atoms with Crippen LogP contribution in [0.25, 0.3) is 0 Å². The first-order chi connectivity index (χ1) is 9.28. The number of fused-ring (bicyclic) bond motifs is 3. The number of rotatable bonds is 4. The van der Waals surface area contributed by atoms with E-state index in [1.54, 1.807) is 6.20 Å². The van der Waals surface area contributed by atoms with E-state index < -0.39 is 0 Å². The third-order valence-corrected chi connectivity index (χ3v) is 4.79. The molecule has 2 bridgehead atoms. The number of piperazine rings is 3. The van der Waals surface area contributed by atoms with Gasteiger partial charge in [-0.2, -0.15) is 0 Å². The van der Waals surface area contributed by atoms with Crippen molar-refractivity contribution in [1.29, 1.82) is 0 Å². The molecule has 0 aromatic carbocycles. The molecule has 4 heterocycles. The molecular formula is C14H21ClN4. The molecule has 19 heavy (non-hydrogen) atoms.